The molecule has 0 aliphatic heterocycles. The van der Waals surface area contributed by atoms with Crippen LogP contribution in [0.1, 0.15) is 103 Å². The molecule has 8 nitrogen and oxygen atoms in total. The first-order valence-corrected chi connectivity index (χ1v) is 11.5. The molecule has 1 aromatic rings. The third-order valence-electron chi connectivity index (χ3n) is 5.32. The van der Waals surface area contributed by atoms with Crippen LogP contribution in [0.5, 0.6) is 5.75 Å². The van der Waals surface area contributed by atoms with E-state index in [2.05, 4.69) is 6.92 Å². The summed E-state index contributed by atoms with van der Waals surface area (Å²) in [6.07, 6.45) is 16.5. The maximum atomic E-state index is 11.3. The Labute approximate surface area is 184 Å². The number of ether oxygens (including phenoxy) is 1. The number of benzene rings is 1. The number of hydrogen-bond acceptors (Lipinski definition) is 6. The van der Waals surface area contributed by atoms with Gasteiger partial charge >= 0.3 is 17.3 Å². The van der Waals surface area contributed by atoms with E-state index < -0.39 is 27.2 Å². The van der Waals surface area contributed by atoms with Gasteiger partial charge in [0.1, 0.15) is 0 Å². The van der Waals surface area contributed by atoms with Gasteiger partial charge in [0.05, 0.1) is 9.85 Å². The molecule has 31 heavy (non-hydrogen) atoms. The molecular weight excluding hydrogens is 400 g/mol. The second kappa shape index (κ2) is 15.3. The van der Waals surface area contributed by atoms with E-state index in [0.29, 0.717) is 12.0 Å². The lowest BCUT2D eigenvalue weighted by atomic mass is 10.0. The fourth-order valence-electron chi connectivity index (χ4n) is 3.70. The summed E-state index contributed by atoms with van der Waals surface area (Å²) in [4.78, 5) is 32.1. The Balaban J connectivity index is 2.38. The highest BCUT2D eigenvalue weighted by molar-refractivity contribution is 5.74. The summed E-state index contributed by atoms with van der Waals surface area (Å²) in [6.45, 7) is 3.34. The van der Waals surface area contributed by atoms with Crippen LogP contribution < -0.4 is 4.74 Å². The molecule has 0 saturated heterocycles. The average Bonchev–Trinajstić information content (AvgIpc) is 2.70. The lowest BCUT2D eigenvalue weighted by molar-refractivity contribution is -0.423. The van der Waals surface area contributed by atoms with E-state index in [0.717, 1.165) is 26.2 Å². The maximum absolute atomic E-state index is 11.3. The number of nitrogens with zero attached hydrogens (tertiary/aromatic N) is 2. The van der Waals surface area contributed by atoms with E-state index in [9.17, 15) is 25.0 Å². The van der Waals surface area contributed by atoms with E-state index in [1.54, 1.807) is 0 Å². The second-order valence-corrected chi connectivity index (χ2v) is 8.06. The molecule has 0 unspecified atom stereocenters. The Hall–Kier alpha value is -2.51. The van der Waals surface area contributed by atoms with E-state index in [-0.39, 0.29) is 5.75 Å². The largest absolute Gasteiger partial charge is 0.419 e. The van der Waals surface area contributed by atoms with Crippen LogP contribution in [-0.2, 0) is 11.2 Å². The highest BCUT2D eigenvalue weighted by Crippen LogP contribution is 2.38. The molecule has 0 radical (unpaired) electrons. The molecule has 1 rings (SSSR count). The Kier molecular flexibility index (Phi) is 13.1. The van der Waals surface area contributed by atoms with Crippen LogP contribution in [0.4, 0.5) is 11.4 Å². The standard InChI is InChI=1S/C23H36N2O6/c1-3-4-5-6-7-8-9-10-11-12-13-14-15-16-20-17-21(24(27)28)23(25(29)30)22(18-20)31-19(2)26/h17-18H,3-16H2,1-2H3. The van der Waals surface area contributed by atoms with Crippen molar-refractivity contribution < 1.29 is 19.4 Å². The summed E-state index contributed by atoms with van der Waals surface area (Å²) < 4.78 is 4.87. The van der Waals surface area contributed by atoms with Gasteiger partial charge in [-0.2, -0.15) is 0 Å². The smallest absolute Gasteiger partial charge is 0.388 e. The molecule has 8 heteroatoms. The van der Waals surface area contributed by atoms with Gasteiger partial charge in [-0.05, 0) is 24.5 Å². The van der Waals surface area contributed by atoms with Crippen molar-refractivity contribution in [2.45, 2.75) is 104 Å². The molecule has 0 bridgehead atoms. The molecule has 0 atom stereocenters. The quantitative estimate of drug-likeness (QED) is 0.0849. The number of carbonyl (C=O) groups is 1. The number of nitro benzene ring substituents is 2. The van der Waals surface area contributed by atoms with Crippen molar-refractivity contribution in [1.29, 1.82) is 0 Å². The SMILES string of the molecule is CCCCCCCCCCCCCCCc1cc(OC(C)=O)c([N+](=O)[O-])c([N+](=O)[O-])c1. The third-order valence-corrected chi connectivity index (χ3v) is 5.32. The summed E-state index contributed by atoms with van der Waals surface area (Å²) in [5.74, 6) is -1.12. The highest BCUT2D eigenvalue weighted by Gasteiger charge is 2.31. The summed E-state index contributed by atoms with van der Waals surface area (Å²) in [6, 6.07) is 2.58. The van der Waals surface area contributed by atoms with Crippen LogP contribution in [0.3, 0.4) is 0 Å². The van der Waals surface area contributed by atoms with Gasteiger partial charge < -0.3 is 4.74 Å². The minimum Gasteiger partial charge on any atom is -0.419 e. The lowest BCUT2D eigenvalue weighted by Gasteiger charge is -2.07. The van der Waals surface area contributed by atoms with Crippen molar-refractivity contribution in [3.63, 3.8) is 0 Å². The first-order chi connectivity index (χ1) is 14.9. The van der Waals surface area contributed by atoms with Gasteiger partial charge in [-0.25, -0.2) is 0 Å². The maximum Gasteiger partial charge on any atom is 0.388 e. The number of aryl methyl sites for hydroxylation is 1. The third kappa shape index (κ3) is 10.9. The van der Waals surface area contributed by atoms with Crippen LogP contribution in [0.15, 0.2) is 12.1 Å². The molecule has 0 fully saturated rings. The summed E-state index contributed by atoms with van der Waals surface area (Å²) >= 11 is 0. The Morgan fingerprint density at radius 3 is 1.71 bits per heavy atom. The van der Waals surface area contributed by atoms with E-state index in [4.69, 9.17) is 4.74 Å². The molecule has 174 valence electrons. The van der Waals surface area contributed by atoms with Gasteiger partial charge in [0.2, 0.25) is 5.75 Å². The molecule has 0 heterocycles. The molecule has 0 aliphatic rings. The number of unbranched alkanes of at least 4 members (excludes halogenated alkanes) is 12. The predicted molar refractivity (Wildman–Crippen MR) is 120 cm³/mol. The van der Waals surface area contributed by atoms with Crippen molar-refractivity contribution in [1.82, 2.24) is 0 Å². The number of rotatable bonds is 17. The molecular formula is C23H36N2O6. The minimum atomic E-state index is -0.884. The Morgan fingerprint density at radius 2 is 1.29 bits per heavy atom. The number of esters is 1. The molecule has 0 amide bonds. The number of nitro groups is 2. The minimum absolute atomic E-state index is 0.364. The van der Waals surface area contributed by atoms with Gasteiger partial charge in [-0.3, -0.25) is 25.0 Å². The number of hydrogen-bond donors (Lipinski definition) is 0. The fraction of sp³-hybridized carbons (Fsp3) is 0.696. The van der Waals surface area contributed by atoms with E-state index >= 15 is 0 Å². The summed E-state index contributed by atoms with van der Waals surface area (Å²) in [5, 5.41) is 22.5. The van der Waals surface area contributed by atoms with Crippen LogP contribution in [-0.4, -0.2) is 15.8 Å². The summed E-state index contributed by atoms with van der Waals surface area (Å²) in [5.41, 5.74) is -0.862. The van der Waals surface area contributed by atoms with E-state index in [1.165, 1.54) is 76.3 Å². The van der Waals surface area contributed by atoms with E-state index in [1.807, 2.05) is 0 Å². The zero-order valence-corrected chi connectivity index (χ0v) is 18.9. The van der Waals surface area contributed by atoms with Gasteiger partial charge in [0, 0.05) is 13.0 Å². The van der Waals surface area contributed by atoms with Crippen LogP contribution in [0.2, 0.25) is 0 Å². The van der Waals surface area contributed by atoms with Crippen LogP contribution in [0, 0.1) is 20.2 Å². The van der Waals surface area contributed by atoms with Crippen LogP contribution in [0.25, 0.3) is 0 Å². The van der Waals surface area contributed by atoms with Crippen molar-refractivity contribution in [2.75, 3.05) is 0 Å². The van der Waals surface area contributed by atoms with Crippen molar-refractivity contribution in [3.8, 4) is 5.75 Å². The summed E-state index contributed by atoms with van der Waals surface area (Å²) in [7, 11) is 0. The molecule has 0 saturated carbocycles. The fourth-order valence-corrected chi connectivity index (χ4v) is 3.70. The first-order valence-electron chi connectivity index (χ1n) is 11.5. The number of carbonyl (C=O) groups excluding carboxylic acids is 1. The molecule has 0 aromatic heterocycles. The second-order valence-electron chi connectivity index (χ2n) is 8.06. The monoisotopic (exact) mass is 436 g/mol. The van der Waals surface area contributed by atoms with Crippen molar-refractivity contribution in [2.24, 2.45) is 0 Å². The highest BCUT2D eigenvalue weighted by atomic mass is 16.6. The molecule has 1 aromatic carbocycles. The average molecular weight is 437 g/mol. The van der Waals surface area contributed by atoms with Gasteiger partial charge in [-0.1, -0.05) is 84.0 Å². The molecule has 0 aliphatic carbocycles. The van der Waals surface area contributed by atoms with Crippen molar-refractivity contribution in [3.05, 3.63) is 37.9 Å². The van der Waals surface area contributed by atoms with Gasteiger partial charge in [0.25, 0.3) is 0 Å². The Morgan fingerprint density at radius 1 is 0.806 bits per heavy atom. The zero-order chi connectivity index (χ0) is 23.1. The normalized spacial score (nSPS) is 10.8. The topological polar surface area (TPSA) is 113 Å². The Bertz CT molecular complexity index is 720. The van der Waals surface area contributed by atoms with Gasteiger partial charge in [0.15, 0.2) is 0 Å². The lowest BCUT2D eigenvalue weighted by Crippen LogP contribution is -2.07. The molecule has 0 N–H and O–H groups in total. The van der Waals surface area contributed by atoms with Gasteiger partial charge in [-0.15, -0.1) is 0 Å². The zero-order valence-electron chi connectivity index (χ0n) is 18.9. The van der Waals surface area contributed by atoms with Crippen LogP contribution >= 0.6 is 0 Å². The molecule has 0 spiro atoms. The first kappa shape index (κ1) is 26.5. The predicted octanol–water partition coefficient (Wildman–Crippen LogP) is 7.06. The van der Waals surface area contributed by atoms with Crippen molar-refractivity contribution >= 4 is 17.3 Å².